The fourth-order valence-electron chi connectivity index (χ4n) is 1.99. The van der Waals surface area contributed by atoms with E-state index < -0.39 is 5.97 Å². The summed E-state index contributed by atoms with van der Waals surface area (Å²) < 4.78 is 4.94. The zero-order valence-corrected chi connectivity index (χ0v) is 12.4. The van der Waals surface area contributed by atoms with Gasteiger partial charge >= 0.3 is 5.97 Å². The first-order valence-corrected chi connectivity index (χ1v) is 7.03. The van der Waals surface area contributed by atoms with Gasteiger partial charge in [0.2, 0.25) is 11.7 Å². The van der Waals surface area contributed by atoms with E-state index in [1.165, 1.54) is 0 Å². The van der Waals surface area contributed by atoms with E-state index >= 15 is 0 Å². The number of carbonyl (C=O) groups excluding carboxylic acids is 1. The summed E-state index contributed by atoms with van der Waals surface area (Å²) in [6.07, 6.45) is 0.143. The molecule has 0 aliphatic rings. The molecule has 6 heteroatoms. The van der Waals surface area contributed by atoms with Gasteiger partial charge in [0.05, 0.1) is 6.42 Å². The Labute approximate surface area is 132 Å². The summed E-state index contributed by atoms with van der Waals surface area (Å²) in [5.74, 6) is 0.826. The molecule has 1 heterocycles. The molecule has 2 aromatic carbocycles. The van der Waals surface area contributed by atoms with Gasteiger partial charge in [-0.15, -0.1) is 0 Å². The molecule has 0 atom stereocenters. The Morgan fingerprint density at radius 3 is 2.70 bits per heavy atom. The molecular weight excluding hydrogens is 296 g/mol. The minimum Gasteiger partial charge on any atom is -0.339 e. The summed E-state index contributed by atoms with van der Waals surface area (Å²) in [4.78, 5) is 25.8. The van der Waals surface area contributed by atoms with E-state index in [1.807, 2.05) is 36.4 Å². The van der Waals surface area contributed by atoms with Gasteiger partial charge in [-0.05, 0) is 17.7 Å². The topological polar surface area (TPSA) is 74.5 Å². The van der Waals surface area contributed by atoms with Crippen LogP contribution in [0.3, 0.4) is 0 Å². The predicted molar refractivity (Wildman–Crippen MR) is 81.3 cm³/mol. The van der Waals surface area contributed by atoms with E-state index in [1.54, 1.807) is 25.1 Å². The Morgan fingerprint density at radius 1 is 1.13 bits per heavy atom. The van der Waals surface area contributed by atoms with Crippen LogP contribution in [0, 0.1) is 6.92 Å². The molecule has 1 aromatic heterocycles. The van der Waals surface area contributed by atoms with Gasteiger partial charge in [-0.25, -0.2) is 4.79 Å². The smallest absolute Gasteiger partial charge is 0.339 e. The maximum atomic E-state index is 11.8. The van der Waals surface area contributed by atoms with Crippen molar-refractivity contribution in [3.8, 4) is 17.1 Å². The number of nitrogens with zero attached hydrogens (tertiary/aromatic N) is 2. The van der Waals surface area contributed by atoms with Gasteiger partial charge in [-0.3, -0.25) is 9.78 Å². The quantitative estimate of drug-likeness (QED) is 0.532. The molecule has 0 saturated heterocycles. The fourth-order valence-corrected chi connectivity index (χ4v) is 1.99. The Kier molecular flexibility index (Phi) is 4.33. The fraction of sp³-hybridized carbons (Fsp3) is 0.118. The first-order valence-electron chi connectivity index (χ1n) is 7.03. The van der Waals surface area contributed by atoms with E-state index in [2.05, 4.69) is 10.1 Å². The normalized spacial score (nSPS) is 10.3. The number of hydrogen-bond donors (Lipinski definition) is 0. The first kappa shape index (κ1) is 14.8. The lowest BCUT2D eigenvalue weighted by Gasteiger charge is -2.05. The molecule has 3 rings (SSSR count). The lowest BCUT2D eigenvalue weighted by Crippen LogP contribution is -2.10. The third-order valence-corrected chi connectivity index (χ3v) is 3.04. The van der Waals surface area contributed by atoms with Crippen LogP contribution in [0.1, 0.15) is 11.5 Å². The third kappa shape index (κ3) is 3.94. The Hall–Kier alpha value is -3.15. The summed E-state index contributed by atoms with van der Waals surface area (Å²) in [5.41, 5.74) is 1.57. The van der Waals surface area contributed by atoms with Crippen molar-refractivity contribution in [3.05, 3.63) is 66.1 Å². The van der Waals surface area contributed by atoms with Gasteiger partial charge in [0, 0.05) is 12.5 Å². The highest BCUT2D eigenvalue weighted by Gasteiger charge is 2.10. The van der Waals surface area contributed by atoms with Gasteiger partial charge < -0.3 is 4.52 Å². The number of carbonyl (C=O) groups is 1. The minimum absolute atomic E-state index is 0.143. The molecule has 0 unspecified atom stereocenters. The SMILES string of the molecule is Cc1nc(-c2cccc(OOC(=O)Cc3ccccc3)c2)no1. The lowest BCUT2D eigenvalue weighted by molar-refractivity contribution is -0.212. The van der Waals surface area contributed by atoms with Crippen molar-refractivity contribution < 1.29 is 19.1 Å². The van der Waals surface area contributed by atoms with Gasteiger partial charge in [0.25, 0.3) is 0 Å². The van der Waals surface area contributed by atoms with Crippen LogP contribution in [0.2, 0.25) is 0 Å². The van der Waals surface area contributed by atoms with Gasteiger partial charge in [-0.1, -0.05) is 47.6 Å². The van der Waals surface area contributed by atoms with E-state index in [0.29, 0.717) is 23.0 Å². The van der Waals surface area contributed by atoms with Crippen LogP contribution in [0.25, 0.3) is 11.4 Å². The lowest BCUT2D eigenvalue weighted by atomic mass is 10.2. The first-order chi connectivity index (χ1) is 11.2. The van der Waals surface area contributed by atoms with Gasteiger partial charge in [-0.2, -0.15) is 4.98 Å². The molecule has 6 nitrogen and oxygen atoms in total. The van der Waals surface area contributed by atoms with Crippen molar-refractivity contribution in [2.75, 3.05) is 0 Å². The van der Waals surface area contributed by atoms with E-state index in [4.69, 9.17) is 14.3 Å². The average Bonchev–Trinajstić information content (AvgIpc) is 3.01. The van der Waals surface area contributed by atoms with Gasteiger partial charge in [0.1, 0.15) is 0 Å². The van der Waals surface area contributed by atoms with E-state index in [0.717, 1.165) is 5.56 Å². The summed E-state index contributed by atoms with van der Waals surface area (Å²) in [6, 6.07) is 16.2. The number of hydrogen-bond acceptors (Lipinski definition) is 6. The Bertz CT molecular complexity index is 799. The number of benzene rings is 2. The van der Waals surface area contributed by atoms with E-state index in [9.17, 15) is 4.79 Å². The molecule has 116 valence electrons. The van der Waals surface area contributed by atoms with Crippen LogP contribution in [0.5, 0.6) is 5.75 Å². The maximum absolute atomic E-state index is 11.8. The molecule has 0 bridgehead atoms. The van der Waals surface area contributed by atoms with Gasteiger partial charge in [0.15, 0.2) is 5.75 Å². The summed E-state index contributed by atoms with van der Waals surface area (Å²) in [6.45, 7) is 1.71. The second-order valence-corrected chi connectivity index (χ2v) is 4.87. The molecule has 23 heavy (non-hydrogen) atoms. The largest absolute Gasteiger partial charge is 0.359 e. The molecule has 0 radical (unpaired) electrons. The van der Waals surface area contributed by atoms with Crippen LogP contribution >= 0.6 is 0 Å². The molecule has 0 spiro atoms. The molecule has 0 aliphatic heterocycles. The van der Waals surface area contributed by atoms with Crippen LogP contribution < -0.4 is 4.89 Å². The number of rotatable bonds is 5. The van der Waals surface area contributed by atoms with Crippen molar-refractivity contribution in [2.24, 2.45) is 0 Å². The number of aryl methyl sites for hydroxylation is 1. The minimum atomic E-state index is -0.475. The Balaban J connectivity index is 1.61. The van der Waals surface area contributed by atoms with Crippen LogP contribution in [-0.4, -0.2) is 16.1 Å². The molecule has 0 saturated carbocycles. The van der Waals surface area contributed by atoms with Crippen molar-refractivity contribution in [2.45, 2.75) is 13.3 Å². The third-order valence-electron chi connectivity index (χ3n) is 3.04. The molecule has 0 fully saturated rings. The monoisotopic (exact) mass is 310 g/mol. The second kappa shape index (κ2) is 6.74. The standard InChI is InChI=1S/C17H14N2O4/c1-12-18-17(19-21-12)14-8-5-9-15(11-14)22-23-16(20)10-13-6-3-2-4-7-13/h2-9,11H,10H2,1H3. The van der Waals surface area contributed by atoms with Crippen molar-refractivity contribution in [1.29, 1.82) is 0 Å². The van der Waals surface area contributed by atoms with Crippen LogP contribution in [-0.2, 0) is 16.1 Å². The summed E-state index contributed by atoms with van der Waals surface area (Å²) in [7, 11) is 0. The maximum Gasteiger partial charge on any atom is 0.359 e. The molecule has 0 N–H and O–H groups in total. The molecule has 0 amide bonds. The van der Waals surface area contributed by atoms with Crippen LogP contribution in [0.15, 0.2) is 59.1 Å². The molecule has 0 aliphatic carbocycles. The molecule has 3 aromatic rings. The Morgan fingerprint density at radius 2 is 1.96 bits per heavy atom. The van der Waals surface area contributed by atoms with Crippen LogP contribution in [0.4, 0.5) is 0 Å². The number of aromatic nitrogens is 2. The summed E-state index contributed by atoms with van der Waals surface area (Å²) >= 11 is 0. The van der Waals surface area contributed by atoms with E-state index in [-0.39, 0.29) is 6.42 Å². The highest BCUT2D eigenvalue weighted by molar-refractivity contribution is 5.72. The highest BCUT2D eigenvalue weighted by atomic mass is 17.2. The second-order valence-electron chi connectivity index (χ2n) is 4.87. The zero-order chi connectivity index (χ0) is 16.1. The molecular formula is C17H14N2O4. The van der Waals surface area contributed by atoms with Crippen molar-refractivity contribution in [1.82, 2.24) is 10.1 Å². The van der Waals surface area contributed by atoms with Crippen molar-refractivity contribution >= 4 is 5.97 Å². The zero-order valence-electron chi connectivity index (χ0n) is 12.4. The summed E-state index contributed by atoms with van der Waals surface area (Å²) in [5, 5.41) is 3.83. The highest BCUT2D eigenvalue weighted by Crippen LogP contribution is 2.21. The predicted octanol–water partition coefficient (Wildman–Crippen LogP) is 3.12. The average molecular weight is 310 g/mol. The van der Waals surface area contributed by atoms with Crippen molar-refractivity contribution in [3.63, 3.8) is 0 Å².